The number of nitrogens with zero attached hydrogens (tertiary/aromatic N) is 2. The van der Waals surface area contributed by atoms with Crippen molar-refractivity contribution >= 4 is 16.8 Å². The van der Waals surface area contributed by atoms with Gasteiger partial charge in [-0.3, -0.25) is 9.78 Å². The fourth-order valence-corrected chi connectivity index (χ4v) is 3.68. The van der Waals surface area contributed by atoms with Crippen LogP contribution in [0.15, 0.2) is 54.9 Å². The molecule has 3 aromatic rings. The van der Waals surface area contributed by atoms with Gasteiger partial charge >= 0.3 is 0 Å². The molecular weight excluding hydrogens is 336 g/mol. The summed E-state index contributed by atoms with van der Waals surface area (Å²) in [5.41, 5.74) is 3.16. The molecule has 2 aromatic heterocycles. The summed E-state index contributed by atoms with van der Waals surface area (Å²) < 4.78 is 0. The summed E-state index contributed by atoms with van der Waals surface area (Å²) >= 11 is 0. The predicted molar refractivity (Wildman–Crippen MR) is 108 cm³/mol. The first-order valence-electron chi connectivity index (χ1n) is 9.60. The number of aromatic nitrogens is 2. The molecule has 1 saturated heterocycles. The molecule has 138 valence electrons. The number of nitrogens with one attached hydrogen (secondary N) is 2. The van der Waals surface area contributed by atoms with Crippen LogP contribution < -0.4 is 10.6 Å². The third-order valence-corrected chi connectivity index (χ3v) is 5.16. The van der Waals surface area contributed by atoms with E-state index in [0.29, 0.717) is 18.0 Å². The number of amides is 1. The Labute approximate surface area is 159 Å². The summed E-state index contributed by atoms with van der Waals surface area (Å²) in [6.07, 6.45) is 6.98. The monoisotopic (exact) mass is 360 g/mol. The SMILES string of the molecule is O=C(NCCC1CCCNC1)c1cc(-c2cccnc2)nc2ccccc12. The van der Waals surface area contributed by atoms with E-state index in [2.05, 4.69) is 15.6 Å². The van der Waals surface area contributed by atoms with Gasteiger partial charge in [-0.25, -0.2) is 4.98 Å². The number of carbonyl (C=O) groups excluding carboxylic acids is 1. The minimum absolute atomic E-state index is 0.0393. The molecule has 1 aromatic carbocycles. The van der Waals surface area contributed by atoms with E-state index in [4.69, 9.17) is 4.98 Å². The zero-order valence-electron chi connectivity index (χ0n) is 15.3. The minimum Gasteiger partial charge on any atom is -0.352 e. The van der Waals surface area contributed by atoms with E-state index >= 15 is 0 Å². The zero-order valence-corrected chi connectivity index (χ0v) is 15.3. The average Bonchev–Trinajstić information content (AvgIpc) is 2.74. The van der Waals surface area contributed by atoms with E-state index in [0.717, 1.165) is 41.7 Å². The molecule has 1 fully saturated rings. The molecule has 5 nitrogen and oxygen atoms in total. The highest BCUT2D eigenvalue weighted by Crippen LogP contribution is 2.24. The molecule has 4 rings (SSSR count). The Bertz CT molecular complexity index is 920. The Balaban J connectivity index is 1.56. The molecule has 1 amide bonds. The maximum absolute atomic E-state index is 12.9. The maximum atomic E-state index is 12.9. The lowest BCUT2D eigenvalue weighted by Crippen LogP contribution is -2.33. The van der Waals surface area contributed by atoms with Crippen LogP contribution in [0.3, 0.4) is 0 Å². The van der Waals surface area contributed by atoms with Crippen LogP contribution in [0.2, 0.25) is 0 Å². The number of benzene rings is 1. The molecule has 0 spiro atoms. The number of carbonyl (C=O) groups is 1. The van der Waals surface area contributed by atoms with Gasteiger partial charge in [0.05, 0.1) is 16.8 Å². The van der Waals surface area contributed by atoms with Crippen LogP contribution in [0.1, 0.15) is 29.6 Å². The normalized spacial score (nSPS) is 17.0. The van der Waals surface area contributed by atoms with Gasteiger partial charge in [0.15, 0.2) is 0 Å². The van der Waals surface area contributed by atoms with Gasteiger partial charge in [0.1, 0.15) is 0 Å². The molecule has 0 saturated carbocycles. The van der Waals surface area contributed by atoms with E-state index in [-0.39, 0.29) is 5.91 Å². The highest BCUT2D eigenvalue weighted by atomic mass is 16.1. The molecule has 2 N–H and O–H groups in total. The van der Waals surface area contributed by atoms with Crippen LogP contribution in [0.4, 0.5) is 0 Å². The molecule has 1 aliphatic heterocycles. The van der Waals surface area contributed by atoms with Crippen LogP contribution in [0, 0.1) is 5.92 Å². The van der Waals surface area contributed by atoms with Crippen molar-refractivity contribution in [2.75, 3.05) is 19.6 Å². The van der Waals surface area contributed by atoms with Crippen LogP contribution in [0.25, 0.3) is 22.2 Å². The maximum Gasteiger partial charge on any atom is 0.252 e. The third-order valence-electron chi connectivity index (χ3n) is 5.16. The number of hydrogen-bond acceptors (Lipinski definition) is 4. The largest absolute Gasteiger partial charge is 0.352 e. The molecule has 5 heteroatoms. The van der Waals surface area contributed by atoms with E-state index < -0.39 is 0 Å². The first-order chi connectivity index (χ1) is 13.3. The molecule has 0 aliphatic carbocycles. The Morgan fingerprint density at radius 3 is 2.96 bits per heavy atom. The third kappa shape index (κ3) is 4.14. The molecule has 1 aliphatic rings. The van der Waals surface area contributed by atoms with Gasteiger partial charge in [0, 0.05) is 29.9 Å². The second kappa shape index (κ2) is 8.27. The van der Waals surface area contributed by atoms with E-state index in [1.807, 2.05) is 42.5 Å². The number of rotatable bonds is 5. The van der Waals surface area contributed by atoms with Gasteiger partial charge < -0.3 is 10.6 Å². The number of piperidine rings is 1. The van der Waals surface area contributed by atoms with Gasteiger partial charge in [-0.15, -0.1) is 0 Å². The van der Waals surface area contributed by atoms with Crippen molar-refractivity contribution in [2.24, 2.45) is 5.92 Å². The predicted octanol–water partition coefficient (Wildman–Crippen LogP) is 3.42. The van der Waals surface area contributed by atoms with Gasteiger partial charge in [-0.2, -0.15) is 0 Å². The summed E-state index contributed by atoms with van der Waals surface area (Å²) in [5.74, 6) is 0.613. The standard InChI is InChI=1S/C22H24N4O/c27-22(25-12-9-16-5-3-10-23-14-16)19-13-21(17-6-4-11-24-15-17)26-20-8-2-1-7-18(19)20/h1-2,4,6-8,11,13,15-16,23H,3,5,9-10,12,14H2,(H,25,27). The van der Waals surface area contributed by atoms with E-state index in [9.17, 15) is 4.79 Å². The number of hydrogen-bond donors (Lipinski definition) is 2. The number of fused-ring (bicyclic) bond motifs is 1. The molecule has 1 unspecified atom stereocenters. The Morgan fingerprint density at radius 2 is 2.15 bits per heavy atom. The van der Waals surface area contributed by atoms with Gasteiger partial charge in [0.2, 0.25) is 0 Å². The average molecular weight is 360 g/mol. The highest BCUT2D eigenvalue weighted by molar-refractivity contribution is 6.07. The minimum atomic E-state index is -0.0393. The van der Waals surface area contributed by atoms with Crippen molar-refractivity contribution in [2.45, 2.75) is 19.3 Å². The Kier molecular flexibility index (Phi) is 5.39. The summed E-state index contributed by atoms with van der Waals surface area (Å²) in [6.45, 7) is 2.87. The van der Waals surface area contributed by atoms with Crippen LogP contribution in [0.5, 0.6) is 0 Å². The lowest BCUT2D eigenvalue weighted by atomic mass is 9.96. The molecule has 0 bridgehead atoms. The zero-order chi connectivity index (χ0) is 18.5. The first-order valence-corrected chi connectivity index (χ1v) is 9.60. The molecule has 1 atom stereocenters. The van der Waals surface area contributed by atoms with Gasteiger partial charge in [0.25, 0.3) is 5.91 Å². The fraction of sp³-hybridized carbons (Fsp3) is 0.318. The van der Waals surface area contributed by atoms with E-state index in [1.165, 1.54) is 12.8 Å². The second-order valence-corrected chi connectivity index (χ2v) is 7.07. The number of pyridine rings is 2. The van der Waals surface area contributed by atoms with Crippen molar-refractivity contribution in [3.63, 3.8) is 0 Å². The molecule has 3 heterocycles. The number of para-hydroxylation sites is 1. The van der Waals surface area contributed by atoms with Crippen molar-refractivity contribution < 1.29 is 4.79 Å². The second-order valence-electron chi connectivity index (χ2n) is 7.07. The van der Waals surface area contributed by atoms with Crippen molar-refractivity contribution in [1.29, 1.82) is 0 Å². The van der Waals surface area contributed by atoms with E-state index in [1.54, 1.807) is 12.4 Å². The highest BCUT2D eigenvalue weighted by Gasteiger charge is 2.16. The summed E-state index contributed by atoms with van der Waals surface area (Å²) in [6, 6.07) is 13.5. The van der Waals surface area contributed by atoms with Crippen molar-refractivity contribution in [3.05, 3.63) is 60.4 Å². The summed E-state index contributed by atoms with van der Waals surface area (Å²) in [7, 11) is 0. The van der Waals surface area contributed by atoms with Crippen molar-refractivity contribution in [3.8, 4) is 11.3 Å². The fourth-order valence-electron chi connectivity index (χ4n) is 3.68. The van der Waals surface area contributed by atoms with Crippen LogP contribution in [-0.2, 0) is 0 Å². The van der Waals surface area contributed by atoms with Crippen LogP contribution in [-0.4, -0.2) is 35.5 Å². The summed E-state index contributed by atoms with van der Waals surface area (Å²) in [4.78, 5) is 21.8. The van der Waals surface area contributed by atoms with Crippen molar-refractivity contribution in [1.82, 2.24) is 20.6 Å². The quantitative estimate of drug-likeness (QED) is 0.732. The summed E-state index contributed by atoms with van der Waals surface area (Å²) in [5, 5.41) is 7.41. The lowest BCUT2D eigenvalue weighted by Gasteiger charge is -2.22. The molecule has 0 radical (unpaired) electrons. The first kappa shape index (κ1) is 17.6. The molecular formula is C22H24N4O. The Hall–Kier alpha value is -2.79. The van der Waals surface area contributed by atoms with Crippen LogP contribution >= 0.6 is 0 Å². The molecule has 27 heavy (non-hydrogen) atoms. The lowest BCUT2D eigenvalue weighted by molar-refractivity contribution is 0.0952. The smallest absolute Gasteiger partial charge is 0.252 e. The Morgan fingerprint density at radius 1 is 1.22 bits per heavy atom. The van der Waals surface area contributed by atoms with Gasteiger partial charge in [-0.05, 0) is 62.5 Å². The topological polar surface area (TPSA) is 66.9 Å². The van der Waals surface area contributed by atoms with Gasteiger partial charge in [-0.1, -0.05) is 18.2 Å².